The quantitative estimate of drug-likeness (QED) is 0.349. The Balaban J connectivity index is 1.68. The Kier molecular flexibility index (Phi) is 9.65. The maximum atomic E-state index is 11.1. The Hall–Kier alpha value is -1.96. The van der Waals surface area contributed by atoms with Crippen LogP contribution in [0.4, 0.5) is 0 Å². The van der Waals surface area contributed by atoms with Crippen molar-refractivity contribution in [1.82, 2.24) is 0 Å². The largest absolute Gasteiger partial charge is 0.505 e. The first kappa shape index (κ1) is 28.1. The average molecular weight is 525 g/mol. The number of hydrogen-bond acceptors (Lipinski definition) is 5. The van der Waals surface area contributed by atoms with Gasteiger partial charge < -0.3 is 23.7 Å². The fourth-order valence-electron chi connectivity index (χ4n) is 6.17. The highest BCUT2D eigenvalue weighted by molar-refractivity contribution is 6.99. The van der Waals surface area contributed by atoms with Crippen molar-refractivity contribution in [3.05, 3.63) is 73.0 Å². The Labute approximate surface area is 223 Å². The van der Waals surface area contributed by atoms with Gasteiger partial charge in [-0.2, -0.15) is 0 Å². The van der Waals surface area contributed by atoms with Crippen molar-refractivity contribution in [2.45, 2.75) is 76.4 Å². The van der Waals surface area contributed by atoms with Crippen molar-refractivity contribution in [1.29, 1.82) is 0 Å². The molecule has 0 aromatic heterocycles. The molecule has 4 rings (SSSR count). The van der Waals surface area contributed by atoms with Gasteiger partial charge in [0.2, 0.25) is 0 Å². The van der Waals surface area contributed by atoms with Gasteiger partial charge in [0.25, 0.3) is 8.32 Å². The Morgan fingerprint density at radius 3 is 2.16 bits per heavy atom. The van der Waals surface area contributed by atoms with E-state index in [9.17, 15) is 5.11 Å². The van der Waals surface area contributed by atoms with E-state index in [0.29, 0.717) is 13.0 Å². The zero-order valence-corrected chi connectivity index (χ0v) is 23.8. The molecule has 202 valence electrons. The van der Waals surface area contributed by atoms with Gasteiger partial charge in [-0.05, 0) is 53.1 Å². The molecule has 5 atom stereocenters. The van der Waals surface area contributed by atoms with Gasteiger partial charge in [0, 0.05) is 25.6 Å². The summed E-state index contributed by atoms with van der Waals surface area (Å²) in [4.78, 5) is 0. The minimum Gasteiger partial charge on any atom is -0.505 e. The summed E-state index contributed by atoms with van der Waals surface area (Å²) in [5.41, 5.74) is 0. The molecule has 1 N–H and O–H groups in total. The van der Waals surface area contributed by atoms with Crippen LogP contribution in [0, 0.1) is 11.8 Å². The van der Waals surface area contributed by atoms with Gasteiger partial charge >= 0.3 is 0 Å². The van der Waals surface area contributed by atoms with Gasteiger partial charge in [-0.15, -0.1) is 0 Å². The van der Waals surface area contributed by atoms with Gasteiger partial charge in [-0.3, -0.25) is 0 Å². The Morgan fingerprint density at radius 2 is 1.62 bits per heavy atom. The van der Waals surface area contributed by atoms with Crippen LogP contribution >= 0.6 is 0 Å². The van der Waals surface area contributed by atoms with Gasteiger partial charge in [-0.1, -0.05) is 81.4 Å². The summed E-state index contributed by atoms with van der Waals surface area (Å²) in [6.07, 6.45) is 7.35. The zero-order valence-electron chi connectivity index (χ0n) is 22.8. The summed E-state index contributed by atoms with van der Waals surface area (Å²) >= 11 is 0. The molecule has 6 heteroatoms. The van der Waals surface area contributed by atoms with E-state index >= 15 is 0 Å². The number of allylic oxidation sites excluding steroid dienone is 1. The highest BCUT2D eigenvalue weighted by Gasteiger charge is 2.52. The third kappa shape index (κ3) is 6.37. The molecule has 37 heavy (non-hydrogen) atoms. The molecule has 2 fully saturated rings. The number of methoxy groups -OCH3 is 1. The fourth-order valence-corrected chi connectivity index (χ4v) is 10.8. The summed E-state index contributed by atoms with van der Waals surface area (Å²) in [5.74, 6) is 0.0712. The van der Waals surface area contributed by atoms with Gasteiger partial charge in [-0.25, -0.2) is 0 Å². The lowest BCUT2D eigenvalue weighted by Crippen LogP contribution is -2.67. The van der Waals surface area contributed by atoms with E-state index in [1.807, 2.05) is 6.08 Å². The molecule has 0 amide bonds. The second kappa shape index (κ2) is 12.7. The predicted molar refractivity (Wildman–Crippen MR) is 150 cm³/mol. The van der Waals surface area contributed by atoms with Crippen LogP contribution in [0.15, 0.2) is 73.0 Å². The maximum Gasteiger partial charge on any atom is 0.261 e. The van der Waals surface area contributed by atoms with Crippen molar-refractivity contribution in [2.24, 2.45) is 11.8 Å². The van der Waals surface area contributed by atoms with Crippen molar-refractivity contribution in [2.75, 3.05) is 20.3 Å². The Morgan fingerprint density at radius 1 is 0.973 bits per heavy atom. The van der Waals surface area contributed by atoms with Crippen LogP contribution in [0.2, 0.25) is 5.04 Å². The monoisotopic (exact) mass is 524 g/mol. The maximum absolute atomic E-state index is 11.1. The molecule has 0 radical (unpaired) electrons. The minimum atomic E-state index is -2.70. The van der Waals surface area contributed by atoms with Crippen LogP contribution in [0.25, 0.3) is 0 Å². The van der Waals surface area contributed by atoms with E-state index in [1.165, 1.54) is 10.4 Å². The topological polar surface area (TPSA) is 57.2 Å². The predicted octanol–water partition coefficient (Wildman–Crippen LogP) is 5.02. The van der Waals surface area contributed by atoms with E-state index in [-0.39, 0.29) is 29.3 Å². The van der Waals surface area contributed by atoms with Crippen LogP contribution in [-0.4, -0.2) is 52.2 Å². The molecule has 1 saturated heterocycles. The lowest BCUT2D eigenvalue weighted by molar-refractivity contribution is -0.197. The molecule has 2 aliphatic rings. The minimum absolute atomic E-state index is 0.0261. The lowest BCUT2D eigenvalue weighted by atomic mass is 9.91. The van der Waals surface area contributed by atoms with Crippen molar-refractivity contribution >= 4 is 18.7 Å². The molecular formula is C31H44O5Si. The van der Waals surface area contributed by atoms with Gasteiger partial charge in [0.15, 0.2) is 6.29 Å². The van der Waals surface area contributed by atoms with E-state index in [4.69, 9.17) is 18.6 Å². The number of ether oxygens (including phenoxy) is 3. The Bertz CT molecular complexity index is 929. The molecule has 1 aliphatic carbocycles. The van der Waals surface area contributed by atoms with E-state index < -0.39 is 14.4 Å². The molecule has 1 aliphatic heterocycles. The first-order valence-electron chi connectivity index (χ1n) is 13.7. The molecular weight excluding hydrogens is 480 g/mol. The molecule has 1 saturated carbocycles. The van der Waals surface area contributed by atoms with Crippen LogP contribution in [0.1, 0.15) is 52.9 Å². The molecule has 5 nitrogen and oxygen atoms in total. The molecule has 0 bridgehead atoms. The smallest absolute Gasteiger partial charge is 0.261 e. The normalized spacial score (nSPS) is 27.0. The first-order valence-corrected chi connectivity index (χ1v) is 15.7. The van der Waals surface area contributed by atoms with Crippen LogP contribution in [-0.2, 0) is 18.6 Å². The number of aliphatic hydroxyl groups is 1. The summed E-state index contributed by atoms with van der Waals surface area (Å²) in [6, 6.07) is 21.4. The second-order valence-electron chi connectivity index (χ2n) is 11.4. The molecule has 1 unspecified atom stereocenters. The molecule has 2 aromatic rings. The highest BCUT2D eigenvalue weighted by Crippen LogP contribution is 2.42. The lowest BCUT2D eigenvalue weighted by Gasteiger charge is -2.44. The number of aliphatic hydroxyl groups excluding tert-OH is 1. The summed E-state index contributed by atoms with van der Waals surface area (Å²) in [7, 11) is -1.05. The van der Waals surface area contributed by atoms with Crippen LogP contribution < -0.4 is 10.4 Å². The van der Waals surface area contributed by atoms with Gasteiger partial charge in [0.05, 0.1) is 25.6 Å². The third-order valence-corrected chi connectivity index (χ3v) is 13.0. The van der Waals surface area contributed by atoms with Crippen LogP contribution in [0.3, 0.4) is 0 Å². The van der Waals surface area contributed by atoms with Crippen LogP contribution in [0.5, 0.6) is 0 Å². The standard InChI is InChI=1S/C31H44O5Si/c1-31(2,3)37(24-14-7-5-8-15-24,25-16-9-6-10-17-25)35-23-27-26(18-13-20-33-4)28(32)22-29(27)36-30-19-11-12-21-34-30/h5-10,13-17,20,26-30,32H,11-12,18-19,21-23H2,1-4H3/t26-,27-,28+,29-,30?/m1/s1. The first-order chi connectivity index (χ1) is 17.9. The third-order valence-electron chi connectivity index (χ3n) is 8.01. The molecule has 0 spiro atoms. The van der Waals surface area contributed by atoms with E-state index in [1.54, 1.807) is 13.4 Å². The van der Waals surface area contributed by atoms with Crippen molar-refractivity contribution in [3.8, 4) is 0 Å². The number of hydrogen-bond donors (Lipinski definition) is 1. The van der Waals surface area contributed by atoms with Crippen molar-refractivity contribution < 1.29 is 23.7 Å². The van der Waals surface area contributed by atoms with Crippen molar-refractivity contribution in [3.63, 3.8) is 0 Å². The summed E-state index contributed by atoms with van der Waals surface area (Å²) in [6.45, 7) is 8.15. The SMILES string of the molecule is COC=CC[C@@H]1[C@@H](CO[Si](c2ccccc2)(c2ccccc2)C(C)(C)C)[C@H](OC2CCCCO2)C[C@@H]1O. The summed E-state index contributed by atoms with van der Waals surface area (Å²) < 4.78 is 24.9. The molecule has 2 aromatic carbocycles. The van der Waals surface area contributed by atoms with Gasteiger partial charge in [0.1, 0.15) is 0 Å². The number of benzene rings is 2. The number of rotatable bonds is 10. The second-order valence-corrected chi connectivity index (χ2v) is 15.7. The van der Waals surface area contributed by atoms with E-state index in [0.717, 1.165) is 32.3 Å². The average Bonchev–Trinajstić information content (AvgIpc) is 3.19. The fraction of sp³-hybridized carbons (Fsp3) is 0.548. The highest BCUT2D eigenvalue weighted by atomic mass is 28.4. The summed E-state index contributed by atoms with van der Waals surface area (Å²) in [5, 5.41) is 13.6. The zero-order chi connectivity index (χ0) is 26.3. The molecule has 1 heterocycles. The van der Waals surface area contributed by atoms with E-state index in [2.05, 4.69) is 81.4 Å².